The second kappa shape index (κ2) is 10.0. The summed E-state index contributed by atoms with van der Waals surface area (Å²) in [5.41, 5.74) is 4.03. The maximum absolute atomic E-state index is 13.2. The molecule has 7 nitrogen and oxygen atoms in total. The van der Waals surface area contributed by atoms with E-state index < -0.39 is 22.0 Å². The zero-order chi connectivity index (χ0) is 24.3. The third-order valence-electron chi connectivity index (χ3n) is 5.11. The highest BCUT2D eigenvalue weighted by Crippen LogP contribution is 2.29. The predicted molar refractivity (Wildman–Crippen MR) is 134 cm³/mol. The van der Waals surface area contributed by atoms with Gasteiger partial charge >= 0.3 is 0 Å². The van der Waals surface area contributed by atoms with E-state index in [1.807, 2.05) is 62.4 Å². The molecule has 0 fully saturated rings. The lowest BCUT2D eigenvalue weighted by molar-refractivity contribution is 0.102. The maximum atomic E-state index is 13.2. The van der Waals surface area contributed by atoms with Gasteiger partial charge < -0.3 is 0 Å². The van der Waals surface area contributed by atoms with E-state index in [2.05, 4.69) is 20.2 Å². The molecule has 1 heterocycles. The second-order valence-corrected chi connectivity index (χ2v) is 11.0. The first-order valence-corrected chi connectivity index (χ1v) is 13.0. The molecule has 0 radical (unpaired) electrons. The van der Waals surface area contributed by atoms with Crippen LogP contribution in [0, 0.1) is 13.8 Å². The second-order valence-electron chi connectivity index (χ2n) is 7.66. The van der Waals surface area contributed by atoms with Gasteiger partial charge in [-0.25, -0.2) is 8.42 Å². The molecule has 1 aromatic heterocycles. The quantitative estimate of drug-likeness (QED) is 0.334. The summed E-state index contributed by atoms with van der Waals surface area (Å²) in [6.45, 7) is 3.93. The highest BCUT2D eigenvalue weighted by Gasteiger charge is 2.27. The van der Waals surface area contributed by atoms with Crippen molar-refractivity contribution < 1.29 is 13.2 Å². The van der Waals surface area contributed by atoms with Gasteiger partial charge in [-0.2, -0.15) is 4.72 Å². The Labute approximate surface area is 206 Å². The van der Waals surface area contributed by atoms with Gasteiger partial charge in [-0.05, 0) is 54.8 Å². The first kappa shape index (κ1) is 24.0. The molecule has 0 aliphatic heterocycles. The molecule has 0 aliphatic carbocycles. The van der Waals surface area contributed by atoms with Crippen LogP contribution in [-0.4, -0.2) is 24.5 Å². The number of halogens is 1. The molecule has 4 rings (SSSR count). The lowest BCUT2D eigenvalue weighted by Gasteiger charge is -2.21. The number of hydrogen-bond acceptors (Lipinski definition) is 6. The Morgan fingerprint density at radius 1 is 0.971 bits per heavy atom. The number of nitrogens with one attached hydrogen (secondary N) is 2. The minimum Gasteiger partial charge on any atom is -0.296 e. The Morgan fingerprint density at radius 2 is 1.68 bits per heavy atom. The molecular formula is C24H21ClN4O3S2. The van der Waals surface area contributed by atoms with Crippen LogP contribution in [-0.2, 0) is 10.0 Å². The molecule has 0 aliphatic rings. The smallest absolute Gasteiger partial charge is 0.270 e. The molecule has 34 heavy (non-hydrogen) atoms. The van der Waals surface area contributed by atoms with E-state index in [0.29, 0.717) is 10.6 Å². The number of benzene rings is 3. The number of rotatable bonds is 7. The van der Waals surface area contributed by atoms with Crippen LogP contribution in [0.15, 0.2) is 77.1 Å². The van der Waals surface area contributed by atoms with Gasteiger partial charge in [0.2, 0.25) is 9.47 Å². The summed E-state index contributed by atoms with van der Waals surface area (Å²) in [5.74, 6) is -0.442. The van der Waals surface area contributed by atoms with E-state index in [-0.39, 0.29) is 9.47 Å². The van der Waals surface area contributed by atoms with Crippen molar-refractivity contribution in [1.29, 1.82) is 0 Å². The molecule has 1 unspecified atom stereocenters. The van der Waals surface area contributed by atoms with Gasteiger partial charge in [0.05, 0.1) is 6.04 Å². The Bertz CT molecular complexity index is 1420. The summed E-state index contributed by atoms with van der Waals surface area (Å²) in [7, 11) is -4.04. The normalized spacial score (nSPS) is 12.3. The number of hydrogen-bond donors (Lipinski definition) is 2. The predicted octanol–water partition coefficient (Wildman–Crippen LogP) is 5.13. The number of amides is 1. The van der Waals surface area contributed by atoms with E-state index in [1.165, 1.54) is 0 Å². The van der Waals surface area contributed by atoms with Crippen LogP contribution >= 0.6 is 22.9 Å². The Balaban J connectivity index is 1.59. The Kier molecular flexibility index (Phi) is 7.08. The first-order valence-electron chi connectivity index (χ1n) is 10.3. The standard InChI is InChI=1S/C24H21ClN4O3S2/c1-15-8-13-20(16(2)14-15)21(17-6-4-3-5-7-17)29-34(31,32)24-28-27-23(33-24)26-22(30)18-9-11-19(25)12-10-18/h3-14,21,29H,1-2H3,(H,26,27,30). The highest BCUT2D eigenvalue weighted by atomic mass is 35.5. The van der Waals surface area contributed by atoms with Crippen LogP contribution in [0.2, 0.25) is 5.02 Å². The van der Waals surface area contributed by atoms with E-state index >= 15 is 0 Å². The minimum atomic E-state index is -4.04. The summed E-state index contributed by atoms with van der Waals surface area (Å²) >= 11 is 6.63. The van der Waals surface area contributed by atoms with Crippen molar-refractivity contribution in [2.24, 2.45) is 0 Å². The van der Waals surface area contributed by atoms with Crippen LogP contribution in [0.3, 0.4) is 0 Å². The fourth-order valence-corrected chi connectivity index (χ4v) is 5.69. The molecule has 0 saturated heterocycles. The van der Waals surface area contributed by atoms with Crippen LogP contribution in [0.25, 0.3) is 0 Å². The summed E-state index contributed by atoms with van der Waals surface area (Å²) in [4.78, 5) is 12.4. The maximum Gasteiger partial charge on any atom is 0.270 e. The van der Waals surface area contributed by atoms with Gasteiger partial charge in [0.15, 0.2) is 0 Å². The summed E-state index contributed by atoms with van der Waals surface area (Å²) in [6.07, 6.45) is 0. The number of sulfonamides is 1. The number of carbonyl (C=O) groups excluding carboxylic acids is 1. The number of aromatic nitrogens is 2. The van der Waals surface area contributed by atoms with Gasteiger partial charge in [-0.3, -0.25) is 10.1 Å². The average molecular weight is 513 g/mol. The number of nitrogens with zero attached hydrogens (tertiary/aromatic N) is 2. The third kappa shape index (κ3) is 5.51. The molecule has 10 heteroatoms. The van der Waals surface area contributed by atoms with Gasteiger partial charge in [0.25, 0.3) is 15.9 Å². The molecule has 1 amide bonds. The van der Waals surface area contributed by atoms with E-state index in [1.54, 1.807) is 24.3 Å². The van der Waals surface area contributed by atoms with Crippen LogP contribution in [0.1, 0.15) is 38.7 Å². The first-order chi connectivity index (χ1) is 16.2. The lowest BCUT2D eigenvalue weighted by Crippen LogP contribution is -2.30. The Morgan fingerprint density at radius 3 is 2.35 bits per heavy atom. The molecule has 2 N–H and O–H groups in total. The van der Waals surface area contributed by atoms with Crippen molar-refractivity contribution in [2.45, 2.75) is 24.2 Å². The molecular weight excluding hydrogens is 492 g/mol. The van der Waals surface area contributed by atoms with E-state index in [9.17, 15) is 13.2 Å². The number of carbonyl (C=O) groups is 1. The van der Waals surface area contributed by atoms with Gasteiger partial charge in [-0.1, -0.05) is 77.0 Å². The summed E-state index contributed by atoms with van der Waals surface area (Å²) in [6, 6.07) is 20.9. The molecule has 4 aromatic rings. The molecule has 0 spiro atoms. The third-order valence-corrected chi connectivity index (χ3v) is 7.99. The summed E-state index contributed by atoms with van der Waals surface area (Å²) in [5, 5.41) is 10.8. The molecule has 1 atom stereocenters. The lowest BCUT2D eigenvalue weighted by atomic mass is 9.95. The zero-order valence-corrected chi connectivity index (χ0v) is 20.7. The molecule has 174 valence electrons. The van der Waals surface area contributed by atoms with Gasteiger partial charge in [-0.15, -0.1) is 10.2 Å². The molecule has 0 saturated carbocycles. The number of anilines is 1. The van der Waals surface area contributed by atoms with Crippen molar-refractivity contribution in [3.63, 3.8) is 0 Å². The fourth-order valence-electron chi connectivity index (χ4n) is 3.45. The fraction of sp³-hybridized carbons (Fsp3) is 0.125. The van der Waals surface area contributed by atoms with Crippen LogP contribution in [0.5, 0.6) is 0 Å². The SMILES string of the molecule is Cc1ccc(C(NS(=O)(=O)c2nnc(NC(=O)c3ccc(Cl)cc3)s2)c2ccccc2)c(C)c1. The minimum absolute atomic E-state index is 0.0723. The topological polar surface area (TPSA) is 101 Å². The number of aryl methyl sites for hydroxylation is 2. The van der Waals surface area contributed by atoms with Crippen molar-refractivity contribution >= 4 is 44.0 Å². The van der Waals surface area contributed by atoms with Crippen LogP contribution < -0.4 is 10.0 Å². The Hall–Kier alpha value is -3.11. The van der Waals surface area contributed by atoms with Crippen molar-refractivity contribution in [2.75, 3.05) is 5.32 Å². The zero-order valence-electron chi connectivity index (χ0n) is 18.3. The van der Waals surface area contributed by atoms with Crippen molar-refractivity contribution in [3.05, 3.63) is 106 Å². The van der Waals surface area contributed by atoms with E-state index in [0.717, 1.165) is 33.6 Å². The van der Waals surface area contributed by atoms with Crippen molar-refractivity contribution in [3.8, 4) is 0 Å². The monoisotopic (exact) mass is 512 g/mol. The molecule has 0 bridgehead atoms. The van der Waals surface area contributed by atoms with Gasteiger partial charge in [0.1, 0.15) is 0 Å². The van der Waals surface area contributed by atoms with Crippen molar-refractivity contribution in [1.82, 2.24) is 14.9 Å². The summed E-state index contributed by atoms with van der Waals surface area (Å²) < 4.78 is 29.0. The largest absolute Gasteiger partial charge is 0.296 e. The molecule has 3 aromatic carbocycles. The average Bonchev–Trinajstić information content (AvgIpc) is 3.28. The van der Waals surface area contributed by atoms with Crippen LogP contribution in [0.4, 0.5) is 5.13 Å². The van der Waals surface area contributed by atoms with E-state index in [4.69, 9.17) is 11.6 Å². The highest BCUT2D eigenvalue weighted by molar-refractivity contribution is 7.91. The van der Waals surface area contributed by atoms with Gasteiger partial charge in [0, 0.05) is 10.6 Å².